The Hall–Kier alpha value is -4.23. The second-order valence-electron chi connectivity index (χ2n) is 7.90. The highest BCUT2D eigenvalue weighted by Crippen LogP contribution is 2.28. The van der Waals surface area contributed by atoms with Gasteiger partial charge in [-0.1, -0.05) is 12.1 Å². The zero-order valence-electron chi connectivity index (χ0n) is 18.0. The van der Waals surface area contributed by atoms with E-state index in [1.807, 2.05) is 0 Å². The summed E-state index contributed by atoms with van der Waals surface area (Å²) in [6.07, 6.45) is 2.98. The number of benzene rings is 2. The van der Waals surface area contributed by atoms with Gasteiger partial charge in [-0.05, 0) is 43.7 Å². The Morgan fingerprint density at radius 3 is 2.32 bits per heavy atom. The van der Waals surface area contributed by atoms with E-state index in [2.05, 4.69) is 26.7 Å². The molecule has 0 unspecified atom stereocenters. The van der Waals surface area contributed by atoms with E-state index >= 15 is 0 Å². The van der Waals surface area contributed by atoms with Crippen LogP contribution in [0.25, 0.3) is 10.3 Å². The van der Waals surface area contributed by atoms with E-state index in [-0.39, 0.29) is 21.8 Å². The number of nitriles is 1. The summed E-state index contributed by atoms with van der Waals surface area (Å²) in [5.74, 6) is -3.29. The first-order chi connectivity index (χ1) is 16.2. The molecule has 2 aromatic carbocycles. The van der Waals surface area contributed by atoms with Crippen molar-refractivity contribution < 1.29 is 18.4 Å². The number of amides is 2. The topological polar surface area (TPSA) is 108 Å². The zero-order valence-corrected chi connectivity index (χ0v) is 18.8. The van der Waals surface area contributed by atoms with E-state index in [4.69, 9.17) is 0 Å². The van der Waals surface area contributed by atoms with Gasteiger partial charge in [-0.2, -0.15) is 5.26 Å². The third-order valence-corrected chi connectivity index (χ3v) is 6.10. The molecule has 2 heterocycles. The molecule has 2 amide bonds. The van der Waals surface area contributed by atoms with E-state index in [1.54, 1.807) is 26.0 Å². The van der Waals surface area contributed by atoms with Crippen molar-refractivity contribution in [1.82, 2.24) is 9.97 Å². The molecule has 0 saturated heterocycles. The van der Waals surface area contributed by atoms with Crippen LogP contribution < -0.4 is 10.6 Å². The van der Waals surface area contributed by atoms with Gasteiger partial charge in [0.1, 0.15) is 22.0 Å². The second-order valence-corrected chi connectivity index (χ2v) is 8.93. The van der Waals surface area contributed by atoms with Gasteiger partial charge in [0.15, 0.2) is 0 Å². The summed E-state index contributed by atoms with van der Waals surface area (Å²) in [5, 5.41) is 14.1. The molecule has 7 nitrogen and oxygen atoms in total. The van der Waals surface area contributed by atoms with Crippen LogP contribution in [0.4, 0.5) is 20.2 Å². The lowest BCUT2D eigenvalue weighted by molar-refractivity contribution is 0.102. The van der Waals surface area contributed by atoms with Crippen molar-refractivity contribution in [3.8, 4) is 6.07 Å². The molecule has 4 rings (SSSR count). The molecule has 0 radical (unpaired) electrons. The van der Waals surface area contributed by atoms with Crippen LogP contribution in [0, 0.1) is 23.0 Å². The fraction of sp³-hybridized carbons (Fsp3) is 0.125. The Morgan fingerprint density at radius 1 is 0.971 bits per heavy atom. The second kappa shape index (κ2) is 8.96. The highest BCUT2D eigenvalue weighted by Gasteiger charge is 2.22. The molecule has 34 heavy (non-hydrogen) atoms. The lowest BCUT2D eigenvalue weighted by Gasteiger charge is -2.17. The molecular weight excluding hydrogens is 460 g/mol. The number of thiophene rings is 1. The first kappa shape index (κ1) is 22.9. The van der Waals surface area contributed by atoms with Crippen LogP contribution in [0.15, 0.2) is 54.9 Å². The lowest BCUT2D eigenvalue weighted by Crippen LogP contribution is -2.18. The number of fused-ring (bicyclic) bond motifs is 1. The molecule has 0 aliphatic carbocycles. The maximum Gasteiger partial charge on any atom is 0.265 e. The predicted octanol–water partition coefficient (Wildman–Crippen LogP) is 5.28. The monoisotopic (exact) mass is 477 g/mol. The molecule has 0 aliphatic heterocycles. The minimum atomic E-state index is -1.01. The van der Waals surface area contributed by atoms with Crippen LogP contribution >= 0.6 is 11.3 Å². The Kier molecular flexibility index (Phi) is 6.04. The van der Waals surface area contributed by atoms with Gasteiger partial charge in [0.05, 0.1) is 27.7 Å². The number of carbonyl (C=O) groups excluding carboxylic acids is 2. The third kappa shape index (κ3) is 4.60. The van der Waals surface area contributed by atoms with Crippen molar-refractivity contribution in [3.05, 3.63) is 82.5 Å². The van der Waals surface area contributed by atoms with Gasteiger partial charge in [0, 0.05) is 24.0 Å². The summed E-state index contributed by atoms with van der Waals surface area (Å²) in [7, 11) is 0. The van der Waals surface area contributed by atoms with Crippen molar-refractivity contribution >= 4 is 44.9 Å². The fourth-order valence-corrected chi connectivity index (χ4v) is 3.97. The maximum absolute atomic E-state index is 14.4. The van der Waals surface area contributed by atoms with Crippen molar-refractivity contribution in [2.45, 2.75) is 19.3 Å². The highest BCUT2D eigenvalue weighted by molar-refractivity contribution is 7.20. The van der Waals surface area contributed by atoms with E-state index in [9.17, 15) is 23.6 Å². The van der Waals surface area contributed by atoms with E-state index in [1.165, 1.54) is 30.6 Å². The SMILES string of the molecule is CC(C)(C#N)c1cccc(C(=O)Nc2cc(NC(=O)c3cc4nccnc4s3)c(F)cc2F)c1. The first-order valence-electron chi connectivity index (χ1n) is 10.0. The molecule has 0 bridgehead atoms. The average Bonchev–Trinajstić information content (AvgIpc) is 3.26. The van der Waals surface area contributed by atoms with Crippen molar-refractivity contribution in [1.29, 1.82) is 5.26 Å². The summed E-state index contributed by atoms with van der Waals surface area (Å²) in [6, 6.07) is 11.6. The summed E-state index contributed by atoms with van der Waals surface area (Å²) in [6.45, 7) is 3.42. The third-order valence-electron chi connectivity index (χ3n) is 5.07. The van der Waals surface area contributed by atoms with Crippen LogP contribution in [0.5, 0.6) is 0 Å². The van der Waals surface area contributed by atoms with Crippen LogP contribution in [-0.2, 0) is 5.41 Å². The van der Waals surface area contributed by atoms with Gasteiger partial charge >= 0.3 is 0 Å². The lowest BCUT2D eigenvalue weighted by atomic mass is 9.85. The number of aromatic nitrogens is 2. The standard InChI is InChI=1S/C24H17F2N5O2S/c1-24(2,12-27)14-5-3-4-13(8-14)21(32)30-17-10-18(16(26)9-15(17)25)31-22(33)20-11-19-23(34-20)29-7-6-28-19/h3-11H,1-2H3,(H,30,32)(H,31,33). The van der Waals surface area contributed by atoms with Crippen LogP contribution in [0.1, 0.15) is 39.4 Å². The van der Waals surface area contributed by atoms with E-state index < -0.39 is 28.9 Å². The molecule has 4 aromatic rings. The molecule has 0 fully saturated rings. The number of nitrogens with one attached hydrogen (secondary N) is 2. The van der Waals surface area contributed by atoms with Crippen LogP contribution in [0.3, 0.4) is 0 Å². The molecular formula is C24H17F2N5O2S. The van der Waals surface area contributed by atoms with Gasteiger partial charge in [-0.25, -0.2) is 13.8 Å². The molecule has 0 saturated carbocycles. The molecule has 2 aromatic heterocycles. The Balaban J connectivity index is 1.57. The maximum atomic E-state index is 14.4. The molecule has 10 heteroatoms. The number of hydrogen-bond acceptors (Lipinski definition) is 6. The van der Waals surface area contributed by atoms with Gasteiger partial charge in [-0.15, -0.1) is 11.3 Å². The minimum Gasteiger partial charge on any atom is -0.319 e. The number of anilines is 2. The number of halogens is 2. The summed E-state index contributed by atoms with van der Waals surface area (Å²) >= 11 is 1.08. The Morgan fingerprint density at radius 2 is 1.65 bits per heavy atom. The number of hydrogen-bond donors (Lipinski definition) is 2. The van der Waals surface area contributed by atoms with Gasteiger partial charge in [0.2, 0.25) is 0 Å². The number of carbonyl (C=O) groups is 2. The molecule has 0 aliphatic rings. The van der Waals surface area contributed by atoms with Gasteiger partial charge < -0.3 is 10.6 Å². The zero-order chi connectivity index (χ0) is 24.5. The molecule has 170 valence electrons. The Labute approximate surface area is 197 Å². The summed E-state index contributed by atoms with van der Waals surface area (Å²) in [5.41, 5.74) is -0.118. The average molecular weight is 477 g/mol. The fourth-order valence-electron chi connectivity index (χ4n) is 3.12. The number of nitrogens with zero attached hydrogens (tertiary/aromatic N) is 3. The predicted molar refractivity (Wildman–Crippen MR) is 125 cm³/mol. The molecule has 0 atom stereocenters. The van der Waals surface area contributed by atoms with Gasteiger partial charge in [0.25, 0.3) is 11.8 Å². The number of rotatable bonds is 5. The molecule has 0 spiro atoms. The minimum absolute atomic E-state index is 0.195. The van der Waals surface area contributed by atoms with Gasteiger partial charge in [-0.3, -0.25) is 14.6 Å². The van der Waals surface area contributed by atoms with Crippen molar-refractivity contribution in [2.24, 2.45) is 0 Å². The summed E-state index contributed by atoms with van der Waals surface area (Å²) < 4.78 is 28.8. The summed E-state index contributed by atoms with van der Waals surface area (Å²) in [4.78, 5) is 34.3. The quantitative estimate of drug-likeness (QED) is 0.407. The Bertz CT molecular complexity index is 1440. The largest absolute Gasteiger partial charge is 0.319 e. The molecule has 2 N–H and O–H groups in total. The smallest absolute Gasteiger partial charge is 0.265 e. The van der Waals surface area contributed by atoms with Crippen molar-refractivity contribution in [2.75, 3.05) is 10.6 Å². The normalized spacial score (nSPS) is 11.1. The first-order valence-corrected chi connectivity index (χ1v) is 10.8. The highest BCUT2D eigenvalue weighted by atomic mass is 32.1. The van der Waals surface area contributed by atoms with Crippen LogP contribution in [0.2, 0.25) is 0 Å². The van der Waals surface area contributed by atoms with Crippen molar-refractivity contribution in [3.63, 3.8) is 0 Å². The van der Waals surface area contributed by atoms with E-state index in [0.717, 1.165) is 17.4 Å². The van der Waals surface area contributed by atoms with Crippen LogP contribution in [-0.4, -0.2) is 21.8 Å². The van der Waals surface area contributed by atoms with E-state index in [0.29, 0.717) is 22.0 Å².